The van der Waals surface area contributed by atoms with Gasteiger partial charge in [0.25, 0.3) is 0 Å². The molecule has 1 aliphatic heterocycles. The van der Waals surface area contributed by atoms with E-state index in [1.54, 1.807) is 18.2 Å². The number of aromatic hydroxyl groups is 1. The number of carbonyl (C=O) groups excluding carboxylic acids is 1. The molecule has 0 aliphatic carbocycles. The van der Waals surface area contributed by atoms with Gasteiger partial charge in [-0.1, -0.05) is 6.07 Å². The molecule has 136 valence electrons. The predicted octanol–water partition coefficient (Wildman–Crippen LogP) is 3.25. The van der Waals surface area contributed by atoms with Crippen LogP contribution in [0.4, 0.5) is 10.8 Å². The Morgan fingerprint density at radius 3 is 2.96 bits per heavy atom. The lowest BCUT2D eigenvalue weighted by molar-refractivity contribution is -0.116. The number of rotatable bonds is 2. The maximum atomic E-state index is 12.3. The quantitative estimate of drug-likeness (QED) is 0.627. The summed E-state index contributed by atoms with van der Waals surface area (Å²) in [6.07, 6.45) is 0.243. The second-order valence-corrected chi connectivity index (χ2v) is 7.39. The summed E-state index contributed by atoms with van der Waals surface area (Å²) in [4.78, 5) is 16.8. The average molecular weight is 380 g/mol. The molecule has 0 fully saturated rings. The third kappa shape index (κ3) is 2.55. The number of fused-ring (bicyclic) bond motifs is 3. The van der Waals surface area contributed by atoms with E-state index in [0.717, 1.165) is 21.4 Å². The van der Waals surface area contributed by atoms with Gasteiger partial charge in [-0.15, -0.1) is 11.3 Å². The van der Waals surface area contributed by atoms with Gasteiger partial charge in [0.15, 0.2) is 11.5 Å². The highest BCUT2D eigenvalue weighted by atomic mass is 32.1. The summed E-state index contributed by atoms with van der Waals surface area (Å²) in [5.41, 5.74) is 9.52. The van der Waals surface area contributed by atoms with Crippen molar-refractivity contribution >= 4 is 38.3 Å². The zero-order chi connectivity index (χ0) is 19.3. The lowest BCUT2D eigenvalue weighted by Crippen LogP contribution is -2.22. The molecule has 0 saturated carbocycles. The SMILES string of the molecule is COc1cc([C@H]2CC(=O)Nc3sc4c(C)c(C#N)c(N)nc4c32)ccc1O. The normalized spacial score (nSPS) is 15.9. The van der Waals surface area contributed by atoms with Crippen molar-refractivity contribution in [3.05, 3.63) is 40.5 Å². The van der Waals surface area contributed by atoms with E-state index in [4.69, 9.17) is 10.5 Å². The number of methoxy groups -OCH3 is 1. The molecule has 3 aromatic rings. The number of nitrogens with zero attached hydrogens (tertiary/aromatic N) is 2. The van der Waals surface area contributed by atoms with E-state index in [9.17, 15) is 15.2 Å². The molecule has 3 heterocycles. The second kappa shape index (κ2) is 6.14. The molecule has 7 nitrogen and oxygen atoms in total. The number of amides is 1. The highest BCUT2D eigenvalue weighted by molar-refractivity contribution is 7.23. The van der Waals surface area contributed by atoms with Gasteiger partial charge in [-0.3, -0.25) is 4.79 Å². The van der Waals surface area contributed by atoms with Crippen molar-refractivity contribution in [1.82, 2.24) is 4.98 Å². The molecular formula is C19H16N4O3S. The number of anilines is 2. The van der Waals surface area contributed by atoms with Crippen LogP contribution in [0.25, 0.3) is 10.2 Å². The van der Waals surface area contributed by atoms with Gasteiger partial charge in [0.2, 0.25) is 5.91 Å². The van der Waals surface area contributed by atoms with Crippen LogP contribution in [0.15, 0.2) is 18.2 Å². The maximum absolute atomic E-state index is 12.3. The Hall–Kier alpha value is -3.31. The van der Waals surface area contributed by atoms with Crippen molar-refractivity contribution in [3.8, 4) is 17.6 Å². The Bertz CT molecular complexity index is 1150. The minimum Gasteiger partial charge on any atom is -0.504 e. The summed E-state index contributed by atoms with van der Waals surface area (Å²) in [5.74, 6) is 0.208. The number of nitriles is 1. The summed E-state index contributed by atoms with van der Waals surface area (Å²) >= 11 is 1.40. The second-order valence-electron chi connectivity index (χ2n) is 6.37. The monoisotopic (exact) mass is 380 g/mol. The molecule has 0 unspecified atom stereocenters. The molecule has 1 atom stereocenters. The number of hydrogen-bond acceptors (Lipinski definition) is 7. The molecule has 1 aliphatic rings. The number of pyridine rings is 1. The van der Waals surface area contributed by atoms with Gasteiger partial charge in [-0.2, -0.15) is 5.26 Å². The highest BCUT2D eigenvalue weighted by Crippen LogP contribution is 2.48. The number of aromatic nitrogens is 1. The number of nitrogens with one attached hydrogen (secondary N) is 1. The molecule has 2 aromatic heterocycles. The van der Waals surface area contributed by atoms with Gasteiger partial charge in [0.05, 0.1) is 22.9 Å². The molecule has 0 saturated heterocycles. The first-order chi connectivity index (χ1) is 12.9. The van der Waals surface area contributed by atoms with Crippen molar-refractivity contribution in [2.45, 2.75) is 19.3 Å². The van der Waals surface area contributed by atoms with Crippen molar-refractivity contribution < 1.29 is 14.6 Å². The first kappa shape index (κ1) is 17.1. The third-order valence-electron chi connectivity index (χ3n) is 4.83. The largest absolute Gasteiger partial charge is 0.504 e. The molecular weight excluding hydrogens is 364 g/mol. The minimum absolute atomic E-state index is 0.0359. The number of phenols is 1. The van der Waals surface area contributed by atoms with Gasteiger partial charge < -0.3 is 20.9 Å². The number of ether oxygens (including phenoxy) is 1. The van der Waals surface area contributed by atoms with Crippen LogP contribution in [-0.2, 0) is 4.79 Å². The maximum Gasteiger partial charge on any atom is 0.225 e. The lowest BCUT2D eigenvalue weighted by atomic mass is 9.86. The first-order valence-corrected chi connectivity index (χ1v) is 9.05. The van der Waals surface area contributed by atoms with Crippen LogP contribution in [0.3, 0.4) is 0 Å². The fourth-order valence-electron chi connectivity index (χ4n) is 3.50. The summed E-state index contributed by atoms with van der Waals surface area (Å²) < 4.78 is 6.05. The standard InChI is InChI=1S/C19H16N4O3S/c1-8-11(7-20)18(21)23-16-15-10(6-14(25)22-19(15)27-17(8)16)9-3-4-12(24)13(5-9)26-2/h3-5,10,24H,6H2,1-2H3,(H2,21,23)(H,22,25)/t10-/m1/s1. The highest BCUT2D eigenvalue weighted by Gasteiger charge is 2.32. The minimum atomic E-state index is -0.253. The lowest BCUT2D eigenvalue weighted by Gasteiger charge is -2.23. The number of aryl methyl sites for hydroxylation is 1. The van der Waals surface area contributed by atoms with E-state index < -0.39 is 0 Å². The fourth-order valence-corrected chi connectivity index (χ4v) is 4.73. The van der Waals surface area contributed by atoms with Crippen LogP contribution in [0.5, 0.6) is 11.5 Å². The number of carbonyl (C=O) groups is 1. The molecule has 8 heteroatoms. The summed E-state index contributed by atoms with van der Waals surface area (Å²) in [5, 5.41) is 22.8. The average Bonchev–Trinajstić information content (AvgIpc) is 3.00. The smallest absolute Gasteiger partial charge is 0.225 e. The third-order valence-corrected chi connectivity index (χ3v) is 6.06. The van der Waals surface area contributed by atoms with Gasteiger partial charge in [-0.05, 0) is 30.2 Å². The Morgan fingerprint density at radius 2 is 2.26 bits per heavy atom. The van der Waals surface area contributed by atoms with Crippen LogP contribution in [0.1, 0.15) is 34.6 Å². The Morgan fingerprint density at radius 1 is 1.48 bits per heavy atom. The van der Waals surface area contributed by atoms with Gasteiger partial charge in [-0.25, -0.2) is 4.98 Å². The predicted molar refractivity (Wildman–Crippen MR) is 103 cm³/mol. The van der Waals surface area contributed by atoms with Crippen molar-refractivity contribution in [3.63, 3.8) is 0 Å². The van der Waals surface area contributed by atoms with E-state index in [0.29, 0.717) is 21.8 Å². The topological polar surface area (TPSA) is 121 Å². The number of benzene rings is 1. The number of phenolic OH excluding ortho intramolecular Hbond substituents is 1. The molecule has 27 heavy (non-hydrogen) atoms. The summed E-state index contributed by atoms with van der Waals surface area (Å²) in [6.45, 7) is 1.83. The van der Waals surface area contributed by atoms with Crippen LogP contribution in [0.2, 0.25) is 0 Å². The summed E-state index contributed by atoms with van der Waals surface area (Å²) in [6, 6.07) is 7.15. The van der Waals surface area contributed by atoms with Crippen molar-refractivity contribution in [2.75, 3.05) is 18.2 Å². The molecule has 4 N–H and O–H groups in total. The van der Waals surface area contributed by atoms with E-state index >= 15 is 0 Å². The Labute approximate surface area is 159 Å². The zero-order valence-electron chi connectivity index (χ0n) is 14.7. The molecule has 0 radical (unpaired) electrons. The van der Waals surface area contributed by atoms with Crippen molar-refractivity contribution in [1.29, 1.82) is 5.26 Å². The molecule has 0 spiro atoms. The zero-order valence-corrected chi connectivity index (χ0v) is 15.5. The molecule has 1 amide bonds. The van der Waals surface area contributed by atoms with Crippen LogP contribution in [-0.4, -0.2) is 23.1 Å². The van der Waals surface area contributed by atoms with Crippen LogP contribution in [0, 0.1) is 18.3 Å². The fraction of sp³-hybridized carbons (Fsp3) is 0.211. The van der Waals surface area contributed by atoms with E-state index in [1.807, 2.05) is 6.92 Å². The van der Waals surface area contributed by atoms with Gasteiger partial charge in [0, 0.05) is 17.9 Å². The molecule has 0 bridgehead atoms. The van der Waals surface area contributed by atoms with Gasteiger partial charge >= 0.3 is 0 Å². The first-order valence-electron chi connectivity index (χ1n) is 8.24. The number of nitrogens with two attached hydrogens (primary N) is 1. The van der Waals surface area contributed by atoms with E-state index in [2.05, 4.69) is 16.4 Å². The number of nitrogen functional groups attached to an aromatic ring is 1. The number of thiophene rings is 1. The number of hydrogen-bond donors (Lipinski definition) is 3. The summed E-state index contributed by atoms with van der Waals surface area (Å²) in [7, 11) is 1.48. The van der Waals surface area contributed by atoms with Crippen molar-refractivity contribution in [2.24, 2.45) is 0 Å². The Kier molecular flexibility index (Phi) is 3.89. The van der Waals surface area contributed by atoms with Gasteiger partial charge in [0.1, 0.15) is 16.9 Å². The van der Waals surface area contributed by atoms with E-state index in [-0.39, 0.29) is 29.8 Å². The van der Waals surface area contributed by atoms with Crippen LogP contribution >= 0.6 is 11.3 Å². The van der Waals surface area contributed by atoms with Crippen LogP contribution < -0.4 is 15.8 Å². The molecule has 4 rings (SSSR count). The molecule has 1 aromatic carbocycles. The Balaban J connectivity index is 1.99. The van der Waals surface area contributed by atoms with E-state index in [1.165, 1.54) is 18.4 Å².